The third-order valence-corrected chi connectivity index (χ3v) is 5.47. The van der Waals surface area contributed by atoms with Crippen molar-refractivity contribution in [2.45, 2.75) is 96.7 Å². The zero-order valence-corrected chi connectivity index (χ0v) is 14.0. The van der Waals surface area contributed by atoms with Crippen molar-refractivity contribution in [2.24, 2.45) is 11.8 Å². The zero-order valence-electron chi connectivity index (χ0n) is 14.0. The van der Waals surface area contributed by atoms with E-state index in [0.717, 1.165) is 23.9 Å². The van der Waals surface area contributed by atoms with E-state index in [1.807, 2.05) is 0 Å². The first-order valence-corrected chi connectivity index (χ1v) is 9.16. The molecule has 1 saturated heterocycles. The van der Waals surface area contributed by atoms with E-state index >= 15 is 0 Å². The van der Waals surface area contributed by atoms with Gasteiger partial charge in [0.05, 0.1) is 0 Å². The van der Waals surface area contributed by atoms with Crippen molar-refractivity contribution in [3.05, 3.63) is 0 Å². The molecule has 0 aromatic heterocycles. The minimum Gasteiger partial charge on any atom is -0.314 e. The van der Waals surface area contributed by atoms with Gasteiger partial charge in [-0.15, -0.1) is 0 Å². The summed E-state index contributed by atoms with van der Waals surface area (Å²) in [5, 5.41) is 7.72. The second-order valence-electron chi connectivity index (χ2n) is 7.60. The van der Waals surface area contributed by atoms with Crippen molar-refractivity contribution in [3.63, 3.8) is 0 Å². The molecule has 1 saturated carbocycles. The molecule has 0 bridgehead atoms. The highest BCUT2D eigenvalue weighted by molar-refractivity contribution is 4.86. The third kappa shape index (κ3) is 5.04. The molecule has 2 heteroatoms. The predicted octanol–water partition coefficient (Wildman–Crippen LogP) is 4.10. The van der Waals surface area contributed by atoms with Gasteiger partial charge in [0, 0.05) is 18.1 Å². The van der Waals surface area contributed by atoms with E-state index in [-0.39, 0.29) is 0 Å². The summed E-state index contributed by atoms with van der Waals surface area (Å²) in [4.78, 5) is 0. The largest absolute Gasteiger partial charge is 0.314 e. The van der Waals surface area contributed by atoms with Crippen LogP contribution in [0.1, 0.15) is 78.6 Å². The maximum absolute atomic E-state index is 3.98. The van der Waals surface area contributed by atoms with Crippen molar-refractivity contribution in [1.82, 2.24) is 10.6 Å². The van der Waals surface area contributed by atoms with Gasteiger partial charge in [-0.2, -0.15) is 0 Å². The van der Waals surface area contributed by atoms with Crippen LogP contribution < -0.4 is 10.6 Å². The lowest BCUT2D eigenvalue weighted by Gasteiger charge is -2.37. The van der Waals surface area contributed by atoms with E-state index in [9.17, 15) is 0 Å². The molecule has 1 heterocycles. The Hall–Kier alpha value is -0.0800. The summed E-state index contributed by atoms with van der Waals surface area (Å²) in [5.74, 6) is 1.73. The molecule has 2 nitrogen and oxygen atoms in total. The average molecular weight is 281 g/mol. The summed E-state index contributed by atoms with van der Waals surface area (Å²) < 4.78 is 0. The van der Waals surface area contributed by atoms with Gasteiger partial charge in [0.1, 0.15) is 0 Å². The Morgan fingerprint density at radius 3 is 2.50 bits per heavy atom. The van der Waals surface area contributed by atoms with Crippen LogP contribution in [0.25, 0.3) is 0 Å². The Labute approximate surface area is 126 Å². The molecule has 118 valence electrons. The quantitative estimate of drug-likeness (QED) is 0.792. The molecule has 2 fully saturated rings. The molecule has 0 aromatic carbocycles. The number of hydrogen-bond acceptors (Lipinski definition) is 2. The van der Waals surface area contributed by atoms with Gasteiger partial charge in [-0.3, -0.25) is 0 Å². The first kappa shape index (κ1) is 16.3. The van der Waals surface area contributed by atoms with Crippen molar-refractivity contribution in [2.75, 3.05) is 6.54 Å². The van der Waals surface area contributed by atoms with Gasteiger partial charge in [0.15, 0.2) is 0 Å². The molecule has 4 unspecified atom stereocenters. The summed E-state index contributed by atoms with van der Waals surface area (Å²) in [6.07, 6.45) is 12.6. The second kappa shape index (κ2) is 8.38. The fourth-order valence-electron chi connectivity index (χ4n) is 4.33. The molecule has 2 aliphatic rings. The van der Waals surface area contributed by atoms with E-state index in [2.05, 4.69) is 31.4 Å². The van der Waals surface area contributed by atoms with Crippen molar-refractivity contribution in [1.29, 1.82) is 0 Å². The van der Waals surface area contributed by atoms with Gasteiger partial charge in [0.25, 0.3) is 0 Å². The molecule has 1 aliphatic carbocycles. The normalized spacial score (nSPS) is 33.9. The molecule has 2 rings (SSSR count). The average Bonchev–Trinajstić information content (AvgIpc) is 2.67. The highest BCUT2D eigenvalue weighted by Crippen LogP contribution is 2.30. The van der Waals surface area contributed by atoms with Crippen molar-refractivity contribution >= 4 is 0 Å². The van der Waals surface area contributed by atoms with Crippen molar-refractivity contribution < 1.29 is 0 Å². The van der Waals surface area contributed by atoms with Gasteiger partial charge in [0.2, 0.25) is 0 Å². The van der Waals surface area contributed by atoms with E-state index in [1.54, 1.807) is 0 Å². The summed E-state index contributed by atoms with van der Waals surface area (Å²) in [5.41, 5.74) is 0. The third-order valence-electron chi connectivity index (χ3n) is 5.47. The Morgan fingerprint density at radius 1 is 0.950 bits per heavy atom. The SMILES string of the molecule is CC(CC1CCCCCN1)NC1CCCCC1C(C)C. The molecular formula is C18H36N2. The van der Waals surface area contributed by atoms with Crippen LogP contribution in [-0.4, -0.2) is 24.7 Å². The van der Waals surface area contributed by atoms with E-state index in [4.69, 9.17) is 0 Å². The van der Waals surface area contributed by atoms with Gasteiger partial charge < -0.3 is 10.6 Å². The predicted molar refractivity (Wildman–Crippen MR) is 88.1 cm³/mol. The molecule has 0 aromatic rings. The Balaban J connectivity index is 1.78. The molecule has 20 heavy (non-hydrogen) atoms. The minimum absolute atomic E-state index is 0.662. The minimum atomic E-state index is 0.662. The van der Waals surface area contributed by atoms with Crippen LogP contribution in [0.4, 0.5) is 0 Å². The Morgan fingerprint density at radius 2 is 1.70 bits per heavy atom. The van der Waals surface area contributed by atoms with Crippen molar-refractivity contribution in [3.8, 4) is 0 Å². The smallest absolute Gasteiger partial charge is 0.0100 e. The molecule has 2 N–H and O–H groups in total. The van der Waals surface area contributed by atoms with E-state index in [0.29, 0.717) is 6.04 Å². The maximum Gasteiger partial charge on any atom is 0.0100 e. The van der Waals surface area contributed by atoms with Crippen LogP contribution in [0, 0.1) is 11.8 Å². The van der Waals surface area contributed by atoms with Gasteiger partial charge in [-0.1, -0.05) is 39.5 Å². The van der Waals surface area contributed by atoms with Crippen LogP contribution >= 0.6 is 0 Å². The highest BCUT2D eigenvalue weighted by Gasteiger charge is 2.28. The summed E-state index contributed by atoms with van der Waals surface area (Å²) >= 11 is 0. The Bertz CT molecular complexity index is 256. The van der Waals surface area contributed by atoms with Gasteiger partial charge in [-0.05, 0) is 57.4 Å². The lowest BCUT2D eigenvalue weighted by molar-refractivity contribution is 0.189. The standard InChI is InChI=1S/C18H36N2/c1-14(2)17-10-6-7-11-18(17)20-15(3)13-16-9-5-4-8-12-19-16/h14-20H,4-13H2,1-3H3. The molecule has 0 spiro atoms. The zero-order chi connectivity index (χ0) is 14.4. The second-order valence-corrected chi connectivity index (χ2v) is 7.60. The summed E-state index contributed by atoms with van der Waals surface area (Å²) in [6, 6.07) is 2.18. The first-order chi connectivity index (χ1) is 9.66. The lowest BCUT2D eigenvalue weighted by atomic mass is 9.77. The van der Waals surface area contributed by atoms with Crippen LogP contribution in [-0.2, 0) is 0 Å². The summed E-state index contributed by atoms with van der Waals surface area (Å²) in [6.45, 7) is 8.44. The monoisotopic (exact) mass is 280 g/mol. The fourth-order valence-corrected chi connectivity index (χ4v) is 4.33. The van der Waals surface area contributed by atoms with Crippen LogP contribution in [0.2, 0.25) is 0 Å². The maximum atomic E-state index is 3.98. The number of nitrogens with one attached hydrogen (secondary N) is 2. The van der Waals surface area contributed by atoms with Crippen LogP contribution in [0.5, 0.6) is 0 Å². The topological polar surface area (TPSA) is 24.1 Å². The number of rotatable bonds is 5. The van der Waals surface area contributed by atoms with Gasteiger partial charge >= 0.3 is 0 Å². The molecule has 0 radical (unpaired) electrons. The number of hydrogen-bond donors (Lipinski definition) is 2. The van der Waals surface area contributed by atoms with Crippen LogP contribution in [0.3, 0.4) is 0 Å². The van der Waals surface area contributed by atoms with Crippen LogP contribution in [0.15, 0.2) is 0 Å². The van der Waals surface area contributed by atoms with E-state index < -0.39 is 0 Å². The lowest BCUT2D eigenvalue weighted by Crippen LogP contribution is -2.47. The van der Waals surface area contributed by atoms with Gasteiger partial charge in [-0.25, -0.2) is 0 Å². The Kier molecular flexibility index (Phi) is 6.83. The fraction of sp³-hybridized carbons (Fsp3) is 1.00. The molecule has 1 aliphatic heterocycles. The summed E-state index contributed by atoms with van der Waals surface area (Å²) in [7, 11) is 0. The molecular weight excluding hydrogens is 244 g/mol. The van der Waals surface area contributed by atoms with E-state index in [1.165, 1.54) is 64.3 Å². The molecule has 4 atom stereocenters. The first-order valence-electron chi connectivity index (χ1n) is 9.16. The molecule has 0 amide bonds. The highest BCUT2D eigenvalue weighted by atomic mass is 15.0.